The third-order valence-electron chi connectivity index (χ3n) is 8.85. The predicted octanol–water partition coefficient (Wildman–Crippen LogP) is 14.3. The summed E-state index contributed by atoms with van der Waals surface area (Å²) in [4.78, 5) is 0. The van der Waals surface area contributed by atoms with Gasteiger partial charge in [0.05, 0.1) is 6.61 Å². The molecule has 0 fully saturated rings. The van der Waals surface area contributed by atoms with E-state index in [1.807, 2.05) is 0 Å². The van der Waals surface area contributed by atoms with Gasteiger partial charge in [-0.1, -0.05) is 185 Å². The highest BCUT2D eigenvalue weighted by Gasteiger charge is 2.29. The average Bonchev–Trinajstić information content (AvgIpc) is 2.93. The predicted molar refractivity (Wildman–Crippen MR) is 203 cm³/mol. The van der Waals surface area contributed by atoms with Gasteiger partial charge < -0.3 is 9.05 Å². The van der Waals surface area contributed by atoms with Crippen LogP contribution in [0.4, 0.5) is 0 Å². The van der Waals surface area contributed by atoms with Crippen molar-refractivity contribution in [1.29, 1.82) is 0 Å². The number of rotatable bonds is 18. The molecule has 0 aromatic heterocycles. The van der Waals surface area contributed by atoms with Crippen LogP contribution in [0, 0.1) is 0 Å². The van der Waals surface area contributed by atoms with Crippen molar-refractivity contribution in [3.63, 3.8) is 0 Å². The van der Waals surface area contributed by atoms with Crippen LogP contribution in [-0.4, -0.2) is 6.61 Å². The van der Waals surface area contributed by atoms with Crippen molar-refractivity contribution in [1.82, 2.24) is 0 Å². The van der Waals surface area contributed by atoms with Crippen LogP contribution in [-0.2, 0) is 26.2 Å². The molecule has 0 radical (unpaired) electrons. The van der Waals surface area contributed by atoms with E-state index in [2.05, 4.69) is 126 Å². The van der Waals surface area contributed by atoms with E-state index in [9.17, 15) is 0 Å². The lowest BCUT2D eigenvalue weighted by Crippen LogP contribution is -2.18. The quantitative estimate of drug-likeness (QED) is 0.118. The van der Waals surface area contributed by atoms with Gasteiger partial charge in [-0.05, 0) is 51.3 Å². The van der Waals surface area contributed by atoms with Crippen molar-refractivity contribution in [3.8, 4) is 11.5 Å². The zero-order chi connectivity index (χ0) is 34.6. The van der Waals surface area contributed by atoms with E-state index in [-0.39, 0.29) is 21.7 Å². The van der Waals surface area contributed by atoms with Gasteiger partial charge in [0.1, 0.15) is 11.5 Å². The van der Waals surface area contributed by atoms with Crippen LogP contribution in [0.25, 0.3) is 0 Å². The Morgan fingerprint density at radius 1 is 0.457 bits per heavy atom. The molecule has 0 amide bonds. The molecule has 0 saturated heterocycles. The fraction of sp³-hybridized carbons (Fsp3) is 0.714. The molecule has 0 aliphatic heterocycles. The number of hydrogen-bond acceptors (Lipinski definition) is 3. The zero-order valence-electron chi connectivity index (χ0n) is 32.3. The van der Waals surface area contributed by atoms with Gasteiger partial charge in [0.25, 0.3) is 0 Å². The molecule has 0 aliphatic carbocycles. The van der Waals surface area contributed by atoms with Gasteiger partial charge in [-0.15, -0.1) is 0 Å². The SMILES string of the molecule is CCCCCCCCCCCCCCOP(Oc1ccc(C(C)(C)C)cc1C(C)(C)C)Oc1ccc(C(C)(C)C)cc1C(C)(C)C. The molecule has 3 nitrogen and oxygen atoms in total. The molecule has 0 atom stereocenters. The first-order chi connectivity index (χ1) is 21.3. The Kier molecular flexibility index (Phi) is 16.1. The van der Waals surface area contributed by atoms with Crippen molar-refractivity contribution < 1.29 is 13.6 Å². The highest BCUT2D eigenvalue weighted by molar-refractivity contribution is 7.42. The van der Waals surface area contributed by atoms with E-state index >= 15 is 0 Å². The van der Waals surface area contributed by atoms with E-state index in [1.165, 1.54) is 92.9 Å². The molecule has 0 saturated carbocycles. The van der Waals surface area contributed by atoms with E-state index in [1.54, 1.807) is 0 Å². The van der Waals surface area contributed by atoms with Gasteiger partial charge in [0.15, 0.2) is 0 Å². The first kappa shape index (κ1) is 40.6. The first-order valence-electron chi connectivity index (χ1n) is 18.4. The minimum Gasteiger partial charge on any atom is -0.417 e. The molecule has 0 unspecified atom stereocenters. The van der Waals surface area contributed by atoms with Crippen LogP contribution in [0.1, 0.15) is 189 Å². The summed E-state index contributed by atoms with van der Waals surface area (Å²) in [7, 11) is -1.65. The van der Waals surface area contributed by atoms with Crippen LogP contribution in [0.15, 0.2) is 36.4 Å². The summed E-state index contributed by atoms with van der Waals surface area (Å²) in [5, 5.41) is 0. The summed E-state index contributed by atoms with van der Waals surface area (Å²) in [6.07, 6.45) is 15.9. The first-order valence-corrected chi connectivity index (χ1v) is 19.5. The monoisotopic (exact) mass is 655 g/mol. The minimum atomic E-state index is -1.65. The second-order valence-electron chi connectivity index (χ2n) is 17.6. The molecule has 0 aliphatic rings. The normalized spacial score (nSPS) is 13.0. The fourth-order valence-corrected chi connectivity index (χ4v) is 6.70. The van der Waals surface area contributed by atoms with E-state index in [0.29, 0.717) is 6.61 Å². The van der Waals surface area contributed by atoms with E-state index in [0.717, 1.165) is 17.9 Å². The molecular weight excluding hydrogens is 583 g/mol. The van der Waals surface area contributed by atoms with E-state index < -0.39 is 8.60 Å². The average molecular weight is 655 g/mol. The van der Waals surface area contributed by atoms with Gasteiger partial charge in [-0.3, -0.25) is 4.52 Å². The highest BCUT2D eigenvalue weighted by atomic mass is 31.2. The van der Waals surface area contributed by atoms with Gasteiger partial charge >= 0.3 is 8.60 Å². The largest absolute Gasteiger partial charge is 0.463 e. The molecular formula is C42H71O3P. The van der Waals surface area contributed by atoms with Gasteiger partial charge in [0, 0.05) is 11.1 Å². The topological polar surface area (TPSA) is 27.7 Å². The van der Waals surface area contributed by atoms with Crippen LogP contribution < -0.4 is 9.05 Å². The van der Waals surface area contributed by atoms with Crippen molar-refractivity contribution in [2.45, 2.75) is 189 Å². The Morgan fingerprint density at radius 2 is 0.804 bits per heavy atom. The summed E-state index contributed by atoms with van der Waals surface area (Å²) in [6.45, 7) is 30.0. The molecule has 2 rings (SSSR count). The minimum absolute atomic E-state index is 0.0569. The summed E-state index contributed by atoms with van der Waals surface area (Å²) in [5.74, 6) is 1.70. The maximum atomic E-state index is 6.74. The third kappa shape index (κ3) is 14.3. The zero-order valence-corrected chi connectivity index (χ0v) is 33.2. The Labute approximate surface area is 287 Å². The third-order valence-corrected chi connectivity index (χ3v) is 9.93. The maximum Gasteiger partial charge on any atom is 0.463 e. The summed E-state index contributed by atoms with van der Waals surface area (Å²) >= 11 is 0. The van der Waals surface area contributed by atoms with Crippen molar-refractivity contribution in [3.05, 3.63) is 58.7 Å². The lowest BCUT2D eigenvalue weighted by molar-refractivity contribution is 0.255. The standard InChI is InChI=1S/C42H71O3P/c1-14-15-16-17-18-19-20-21-22-23-24-25-30-43-46(44-37-28-26-33(39(2,3)4)31-35(37)41(8,9)10)45-38-29-27-34(40(5,6)7)32-36(38)42(11,12)13/h26-29,31-32H,14-25,30H2,1-13H3. The smallest absolute Gasteiger partial charge is 0.417 e. The number of benzene rings is 2. The molecule has 2 aromatic rings. The molecule has 262 valence electrons. The number of unbranched alkanes of at least 4 members (excludes halogenated alkanes) is 11. The van der Waals surface area contributed by atoms with E-state index in [4.69, 9.17) is 13.6 Å². The molecule has 0 N–H and O–H groups in total. The Morgan fingerprint density at radius 3 is 1.13 bits per heavy atom. The van der Waals surface area contributed by atoms with Crippen LogP contribution in [0.5, 0.6) is 11.5 Å². The summed E-state index contributed by atoms with van der Waals surface area (Å²) < 4.78 is 20.0. The summed E-state index contributed by atoms with van der Waals surface area (Å²) in [5.41, 5.74) is 4.92. The molecule has 2 aromatic carbocycles. The van der Waals surface area contributed by atoms with Crippen molar-refractivity contribution in [2.75, 3.05) is 6.61 Å². The van der Waals surface area contributed by atoms with Crippen LogP contribution in [0.2, 0.25) is 0 Å². The van der Waals surface area contributed by atoms with Gasteiger partial charge in [0.2, 0.25) is 0 Å². The lowest BCUT2D eigenvalue weighted by atomic mass is 9.80. The van der Waals surface area contributed by atoms with Crippen molar-refractivity contribution in [2.24, 2.45) is 0 Å². The van der Waals surface area contributed by atoms with Crippen LogP contribution >= 0.6 is 8.60 Å². The molecule has 46 heavy (non-hydrogen) atoms. The van der Waals surface area contributed by atoms with Crippen molar-refractivity contribution >= 4 is 8.60 Å². The van der Waals surface area contributed by atoms with Gasteiger partial charge in [-0.25, -0.2) is 0 Å². The lowest BCUT2D eigenvalue weighted by Gasteiger charge is -2.30. The number of hydrogen-bond donors (Lipinski definition) is 0. The highest BCUT2D eigenvalue weighted by Crippen LogP contribution is 2.48. The fourth-order valence-electron chi connectivity index (χ4n) is 5.64. The summed E-state index contributed by atoms with van der Waals surface area (Å²) in [6, 6.07) is 13.3. The Hall–Kier alpha value is -1.57. The Balaban J connectivity index is 2.18. The Bertz CT molecular complexity index is 1080. The molecule has 0 bridgehead atoms. The molecule has 4 heteroatoms. The van der Waals surface area contributed by atoms with Gasteiger partial charge in [-0.2, -0.15) is 0 Å². The maximum absolute atomic E-state index is 6.74. The second-order valence-corrected chi connectivity index (χ2v) is 18.6. The van der Waals surface area contributed by atoms with Crippen LogP contribution in [0.3, 0.4) is 0 Å². The second kappa shape index (κ2) is 18.3. The molecule has 0 heterocycles. The molecule has 0 spiro atoms.